The first-order valence-electron chi connectivity index (χ1n) is 8.06. The predicted molar refractivity (Wildman–Crippen MR) is 81.6 cm³/mol. The molecular formula is C17H21F2NO4. The molecular weight excluding hydrogens is 320 g/mol. The molecule has 1 aliphatic heterocycles. The van der Waals surface area contributed by atoms with Crippen molar-refractivity contribution in [3.05, 3.63) is 29.8 Å². The number of nitrogens with zero attached hydrogens (tertiary/aromatic N) is 1. The van der Waals surface area contributed by atoms with Crippen LogP contribution in [0.3, 0.4) is 0 Å². The molecule has 1 amide bonds. The van der Waals surface area contributed by atoms with Crippen LogP contribution in [0.25, 0.3) is 0 Å². The minimum Gasteiger partial charge on any atom is -0.481 e. The quantitative estimate of drug-likeness (QED) is 0.908. The van der Waals surface area contributed by atoms with E-state index in [4.69, 9.17) is 9.47 Å². The summed E-state index contributed by atoms with van der Waals surface area (Å²) in [4.78, 5) is 14.1. The van der Waals surface area contributed by atoms with E-state index in [-0.39, 0.29) is 24.3 Å². The molecule has 1 heterocycles. The van der Waals surface area contributed by atoms with Crippen molar-refractivity contribution in [2.45, 2.75) is 43.4 Å². The van der Waals surface area contributed by atoms with Crippen molar-refractivity contribution in [3.63, 3.8) is 0 Å². The molecule has 24 heavy (non-hydrogen) atoms. The van der Waals surface area contributed by atoms with E-state index in [1.807, 2.05) is 0 Å². The summed E-state index contributed by atoms with van der Waals surface area (Å²) in [5.74, 6) is -2.00. The number of likely N-dealkylation sites (tertiary alicyclic amines) is 1. The Hall–Kier alpha value is -1.73. The minimum atomic E-state index is -0.844. The number of carbonyl (C=O) groups is 1. The second kappa shape index (κ2) is 6.64. The molecule has 0 unspecified atom stereocenters. The van der Waals surface area contributed by atoms with Crippen molar-refractivity contribution in [1.82, 2.24) is 4.90 Å². The van der Waals surface area contributed by atoms with Gasteiger partial charge < -0.3 is 19.5 Å². The number of methoxy groups -OCH3 is 1. The molecule has 1 saturated heterocycles. The van der Waals surface area contributed by atoms with Crippen LogP contribution in [0.1, 0.15) is 25.7 Å². The Kier molecular flexibility index (Phi) is 4.73. The molecule has 0 aromatic heterocycles. The fourth-order valence-electron chi connectivity index (χ4n) is 3.79. The average molecular weight is 341 g/mol. The number of aliphatic hydroxyl groups is 1. The van der Waals surface area contributed by atoms with Crippen molar-refractivity contribution in [3.8, 4) is 5.75 Å². The Labute approximate surface area is 139 Å². The third-order valence-electron chi connectivity index (χ3n) is 5.13. The zero-order valence-corrected chi connectivity index (χ0v) is 13.5. The lowest BCUT2D eigenvalue weighted by molar-refractivity contribution is -0.141. The highest BCUT2D eigenvalue weighted by molar-refractivity contribution is 5.78. The summed E-state index contributed by atoms with van der Waals surface area (Å²) in [6, 6.07) is 2.74. The maximum absolute atomic E-state index is 13.6. The van der Waals surface area contributed by atoms with Crippen LogP contribution >= 0.6 is 0 Å². The number of benzene rings is 1. The third-order valence-corrected chi connectivity index (χ3v) is 5.13. The molecule has 1 aliphatic carbocycles. The van der Waals surface area contributed by atoms with Crippen LogP contribution in [0, 0.1) is 11.6 Å². The van der Waals surface area contributed by atoms with Gasteiger partial charge in [-0.2, -0.15) is 0 Å². The number of ether oxygens (including phenoxy) is 2. The molecule has 3 rings (SSSR count). The Balaban J connectivity index is 1.66. The molecule has 1 saturated carbocycles. The molecule has 1 N–H and O–H groups in total. The normalized spacial score (nSPS) is 29.4. The summed E-state index contributed by atoms with van der Waals surface area (Å²) in [5.41, 5.74) is -0.421. The number of hydrogen-bond acceptors (Lipinski definition) is 4. The van der Waals surface area contributed by atoms with E-state index in [9.17, 15) is 18.7 Å². The zero-order valence-electron chi connectivity index (χ0n) is 13.5. The highest BCUT2D eigenvalue weighted by Crippen LogP contribution is 2.42. The summed E-state index contributed by atoms with van der Waals surface area (Å²) in [5, 5.41) is 9.93. The number of rotatable bonds is 4. The van der Waals surface area contributed by atoms with E-state index in [0.717, 1.165) is 12.1 Å². The van der Waals surface area contributed by atoms with Gasteiger partial charge in [0.25, 0.3) is 5.91 Å². The molecule has 0 bridgehead atoms. The standard InChI is InChI=1S/C17H21F2NO4/c1-23-17-5-4-12(21)9-15(17)20(7-6-17)16(22)10-24-14-3-2-11(18)8-13(14)19/h2-3,8,12,15,21H,4-7,9-10H2,1H3/t12-,15+,17-/m1/s1. The van der Waals surface area contributed by atoms with Crippen molar-refractivity contribution in [1.29, 1.82) is 0 Å². The van der Waals surface area contributed by atoms with Gasteiger partial charge in [-0.05, 0) is 37.8 Å². The summed E-state index contributed by atoms with van der Waals surface area (Å²) in [6.45, 7) is 0.175. The summed E-state index contributed by atoms with van der Waals surface area (Å²) >= 11 is 0. The molecule has 3 atom stereocenters. The second-order valence-corrected chi connectivity index (χ2v) is 6.41. The first kappa shape index (κ1) is 17.1. The average Bonchev–Trinajstić information content (AvgIpc) is 2.93. The summed E-state index contributed by atoms with van der Waals surface area (Å²) in [7, 11) is 1.63. The van der Waals surface area contributed by atoms with Crippen LogP contribution in [0.2, 0.25) is 0 Å². The van der Waals surface area contributed by atoms with Crippen LogP contribution < -0.4 is 4.74 Å². The van der Waals surface area contributed by atoms with Gasteiger partial charge in [-0.25, -0.2) is 8.78 Å². The lowest BCUT2D eigenvalue weighted by Gasteiger charge is -2.42. The molecule has 0 radical (unpaired) electrons. The van der Waals surface area contributed by atoms with E-state index < -0.39 is 23.3 Å². The van der Waals surface area contributed by atoms with Crippen molar-refractivity contribution >= 4 is 5.91 Å². The van der Waals surface area contributed by atoms with Crippen LogP contribution in [0.4, 0.5) is 8.78 Å². The fourth-order valence-corrected chi connectivity index (χ4v) is 3.79. The van der Waals surface area contributed by atoms with Gasteiger partial charge in [0.2, 0.25) is 0 Å². The van der Waals surface area contributed by atoms with Gasteiger partial charge >= 0.3 is 0 Å². The van der Waals surface area contributed by atoms with Gasteiger partial charge in [0.05, 0.1) is 17.7 Å². The maximum Gasteiger partial charge on any atom is 0.260 e. The van der Waals surface area contributed by atoms with Gasteiger partial charge in [0.1, 0.15) is 5.82 Å². The van der Waals surface area contributed by atoms with Crippen LogP contribution in [-0.2, 0) is 9.53 Å². The number of halogens is 2. The Morgan fingerprint density at radius 3 is 2.92 bits per heavy atom. The van der Waals surface area contributed by atoms with E-state index >= 15 is 0 Å². The number of hydrogen-bond donors (Lipinski definition) is 1. The van der Waals surface area contributed by atoms with E-state index in [1.54, 1.807) is 12.0 Å². The second-order valence-electron chi connectivity index (χ2n) is 6.41. The monoisotopic (exact) mass is 341 g/mol. The molecule has 5 nitrogen and oxygen atoms in total. The lowest BCUT2D eigenvalue weighted by atomic mass is 9.79. The summed E-state index contributed by atoms with van der Waals surface area (Å²) < 4.78 is 37.3. The molecule has 7 heteroatoms. The van der Waals surface area contributed by atoms with Gasteiger partial charge in [-0.1, -0.05) is 0 Å². The topological polar surface area (TPSA) is 59.0 Å². The molecule has 0 spiro atoms. The van der Waals surface area contributed by atoms with Crippen molar-refractivity contribution in [2.24, 2.45) is 0 Å². The number of carbonyl (C=O) groups excluding carboxylic acids is 1. The highest BCUT2D eigenvalue weighted by Gasteiger charge is 2.52. The largest absolute Gasteiger partial charge is 0.481 e. The smallest absolute Gasteiger partial charge is 0.260 e. The molecule has 1 aromatic rings. The first-order chi connectivity index (χ1) is 11.4. The van der Waals surface area contributed by atoms with Crippen LogP contribution in [0.5, 0.6) is 5.75 Å². The van der Waals surface area contributed by atoms with E-state index in [1.165, 1.54) is 0 Å². The molecule has 2 aliphatic rings. The number of fused-ring (bicyclic) bond motifs is 1. The Morgan fingerprint density at radius 2 is 2.21 bits per heavy atom. The predicted octanol–water partition coefficient (Wildman–Crippen LogP) is 1.87. The first-order valence-corrected chi connectivity index (χ1v) is 8.06. The Morgan fingerprint density at radius 1 is 1.42 bits per heavy atom. The maximum atomic E-state index is 13.6. The van der Waals surface area contributed by atoms with Gasteiger partial charge in [-0.15, -0.1) is 0 Å². The van der Waals surface area contributed by atoms with Gasteiger partial charge in [0.15, 0.2) is 18.2 Å². The van der Waals surface area contributed by atoms with Crippen LogP contribution in [0.15, 0.2) is 18.2 Å². The molecule has 1 aromatic carbocycles. The van der Waals surface area contributed by atoms with Crippen molar-refractivity contribution in [2.75, 3.05) is 20.3 Å². The molecule has 132 valence electrons. The van der Waals surface area contributed by atoms with Gasteiger partial charge in [-0.3, -0.25) is 4.79 Å². The van der Waals surface area contributed by atoms with E-state index in [0.29, 0.717) is 38.3 Å². The minimum absolute atomic E-state index is 0.161. The fraction of sp³-hybridized carbons (Fsp3) is 0.588. The third kappa shape index (κ3) is 3.10. The van der Waals surface area contributed by atoms with Crippen LogP contribution in [-0.4, -0.2) is 53.9 Å². The lowest BCUT2D eigenvalue weighted by Crippen LogP contribution is -2.53. The molecule has 2 fully saturated rings. The number of aliphatic hydroxyl groups excluding tert-OH is 1. The SMILES string of the molecule is CO[C@@]12CC[C@@H](O)C[C@@H]1N(C(=O)COc1ccc(F)cc1F)CC2. The van der Waals surface area contributed by atoms with E-state index in [2.05, 4.69) is 0 Å². The summed E-state index contributed by atoms with van der Waals surface area (Å²) in [6.07, 6.45) is 2.07. The zero-order chi connectivity index (χ0) is 17.3. The number of amides is 1. The van der Waals surface area contributed by atoms with Gasteiger partial charge in [0, 0.05) is 19.7 Å². The highest BCUT2D eigenvalue weighted by atomic mass is 19.1. The van der Waals surface area contributed by atoms with Crippen molar-refractivity contribution < 1.29 is 28.2 Å². The Bertz CT molecular complexity index is 627.